The number of carbonyl (C=O) groups is 1. The molecule has 1 aliphatic rings. The summed E-state index contributed by atoms with van der Waals surface area (Å²) in [6.07, 6.45) is 3.33. The maximum atomic E-state index is 11.7. The number of carbonyl (C=O) groups excluding carboxylic acids is 1. The molecule has 0 atom stereocenters. The zero-order chi connectivity index (χ0) is 20.5. The molecule has 3 N–H and O–H groups in total. The summed E-state index contributed by atoms with van der Waals surface area (Å²) in [7, 11) is 1.77. The number of guanidine groups is 1. The van der Waals surface area contributed by atoms with Crippen LogP contribution in [-0.4, -0.2) is 32.1 Å². The number of hydrogen-bond donors (Lipinski definition) is 3. The van der Waals surface area contributed by atoms with Crippen molar-refractivity contribution in [2.75, 3.05) is 25.5 Å². The van der Waals surface area contributed by atoms with Crippen molar-refractivity contribution >= 4 is 41.5 Å². The molecular formula is C23H31IN4O2. The molecule has 30 heavy (non-hydrogen) atoms. The van der Waals surface area contributed by atoms with Crippen LogP contribution in [0.4, 0.5) is 5.69 Å². The number of amides is 1. The van der Waals surface area contributed by atoms with E-state index in [1.807, 2.05) is 31.2 Å². The lowest BCUT2D eigenvalue weighted by molar-refractivity contribution is -0.116. The average molecular weight is 522 g/mol. The van der Waals surface area contributed by atoms with Crippen LogP contribution in [0.1, 0.15) is 36.5 Å². The maximum absolute atomic E-state index is 11.7. The number of hydrogen-bond acceptors (Lipinski definition) is 3. The second kappa shape index (κ2) is 12.4. The van der Waals surface area contributed by atoms with Gasteiger partial charge in [-0.05, 0) is 47.7 Å². The fraction of sp³-hybridized carbons (Fsp3) is 0.391. The van der Waals surface area contributed by atoms with Gasteiger partial charge in [0.05, 0.1) is 6.61 Å². The summed E-state index contributed by atoms with van der Waals surface area (Å²) in [6, 6.07) is 14.3. The minimum absolute atomic E-state index is 0. The first kappa shape index (κ1) is 24.0. The van der Waals surface area contributed by atoms with Gasteiger partial charge in [0.25, 0.3) is 0 Å². The molecule has 0 unspecified atom stereocenters. The Morgan fingerprint density at radius 1 is 1.10 bits per heavy atom. The Bertz CT molecular complexity index is 853. The summed E-state index contributed by atoms with van der Waals surface area (Å²) < 4.78 is 5.56. The van der Waals surface area contributed by atoms with Crippen molar-refractivity contribution in [1.82, 2.24) is 10.6 Å². The Balaban J connectivity index is 0.00000320. The summed E-state index contributed by atoms with van der Waals surface area (Å²) in [6.45, 7) is 4.26. The summed E-state index contributed by atoms with van der Waals surface area (Å²) in [4.78, 5) is 15.9. The molecule has 1 amide bonds. The van der Waals surface area contributed by atoms with E-state index >= 15 is 0 Å². The molecule has 0 saturated heterocycles. The lowest BCUT2D eigenvalue weighted by Gasteiger charge is -2.13. The van der Waals surface area contributed by atoms with Crippen LogP contribution in [0.5, 0.6) is 5.75 Å². The Hall–Kier alpha value is -2.29. The Kier molecular flexibility index (Phi) is 9.93. The van der Waals surface area contributed by atoms with Crippen LogP contribution in [0.25, 0.3) is 0 Å². The van der Waals surface area contributed by atoms with Crippen LogP contribution < -0.4 is 20.7 Å². The van der Waals surface area contributed by atoms with Crippen molar-refractivity contribution in [2.45, 2.75) is 39.2 Å². The second-order valence-electron chi connectivity index (χ2n) is 7.14. The van der Waals surface area contributed by atoms with Gasteiger partial charge >= 0.3 is 0 Å². The third kappa shape index (κ3) is 7.19. The van der Waals surface area contributed by atoms with Crippen molar-refractivity contribution in [2.24, 2.45) is 4.99 Å². The molecule has 0 saturated carbocycles. The Labute approximate surface area is 195 Å². The van der Waals surface area contributed by atoms with E-state index in [-0.39, 0.29) is 29.9 Å². The normalized spacial score (nSPS) is 12.4. The SMILES string of the molecule is CCCC(=O)Nc1ccc(CNC(=NC)NCCc2ccc3c(c2)CCO3)cc1.I. The number of rotatable bonds is 8. The van der Waals surface area contributed by atoms with E-state index in [4.69, 9.17) is 4.74 Å². The first-order valence-corrected chi connectivity index (χ1v) is 10.3. The number of nitrogens with one attached hydrogen (secondary N) is 3. The molecule has 0 bridgehead atoms. The van der Waals surface area contributed by atoms with Gasteiger partial charge in [0.15, 0.2) is 5.96 Å². The molecule has 0 aromatic heterocycles. The lowest BCUT2D eigenvalue weighted by Crippen LogP contribution is -2.37. The number of benzene rings is 2. The van der Waals surface area contributed by atoms with Gasteiger partial charge < -0.3 is 20.7 Å². The summed E-state index contributed by atoms with van der Waals surface area (Å²) >= 11 is 0. The molecule has 1 heterocycles. The van der Waals surface area contributed by atoms with Crippen LogP contribution in [0.3, 0.4) is 0 Å². The highest BCUT2D eigenvalue weighted by Gasteiger charge is 2.11. The number of ether oxygens (including phenoxy) is 1. The Morgan fingerprint density at radius 2 is 1.87 bits per heavy atom. The van der Waals surface area contributed by atoms with Crippen molar-refractivity contribution in [3.63, 3.8) is 0 Å². The summed E-state index contributed by atoms with van der Waals surface area (Å²) in [5, 5.41) is 9.59. The molecule has 0 aliphatic carbocycles. The number of aliphatic imine (C=N–C) groups is 1. The molecule has 162 valence electrons. The van der Waals surface area contributed by atoms with E-state index in [0.717, 1.165) is 55.4 Å². The predicted molar refractivity (Wildman–Crippen MR) is 133 cm³/mol. The first-order chi connectivity index (χ1) is 14.2. The topological polar surface area (TPSA) is 74.8 Å². The first-order valence-electron chi connectivity index (χ1n) is 10.3. The fourth-order valence-corrected chi connectivity index (χ4v) is 3.28. The van der Waals surface area contributed by atoms with Crippen molar-refractivity contribution in [3.05, 3.63) is 59.2 Å². The highest BCUT2D eigenvalue weighted by molar-refractivity contribution is 14.0. The molecule has 0 radical (unpaired) electrons. The number of halogens is 1. The number of nitrogens with zero attached hydrogens (tertiary/aromatic N) is 1. The van der Waals surface area contributed by atoms with E-state index in [9.17, 15) is 4.79 Å². The van der Waals surface area contributed by atoms with E-state index in [0.29, 0.717) is 13.0 Å². The number of fused-ring (bicyclic) bond motifs is 1. The Morgan fingerprint density at radius 3 is 2.60 bits per heavy atom. The molecule has 3 rings (SSSR count). The van der Waals surface area contributed by atoms with E-state index in [1.54, 1.807) is 7.05 Å². The van der Waals surface area contributed by atoms with Gasteiger partial charge in [0, 0.05) is 38.7 Å². The minimum atomic E-state index is 0. The molecule has 1 aliphatic heterocycles. The van der Waals surface area contributed by atoms with Gasteiger partial charge in [-0.2, -0.15) is 0 Å². The van der Waals surface area contributed by atoms with Gasteiger partial charge in [0.1, 0.15) is 5.75 Å². The summed E-state index contributed by atoms with van der Waals surface area (Å²) in [5.41, 5.74) is 4.56. The quantitative estimate of drug-likeness (QED) is 0.280. The van der Waals surface area contributed by atoms with Crippen molar-refractivity contribution in [1.29, 1.82) is 0 Å². The van der Waals surface area contributed by atoms with Crippen LogP contribution in [0, 0.1) is 0 Å². The predicted octanol–water partition coefficient (Wildman–Crippen LogP) is 3.89. The molecule has 0 fully saturated rings. The molecule has 2 aromatic rings. The smallest absolute Gasteiger partial charge is 0.224 e. The standard InChI is InChI=1S/C23H30N4O2.HI/c1-3-4-22(28)27-20-8-5-18(6-9-20)16-26-23(24-2)25-13-11-17-7-10-21-19(15-17)12-14-29-21;/h5-10,15H,3-4,11-14,16H2,1-2H3,(H,27,28)(H2,24,25,26);1H. The lowest BCUT2D eigenvalue weighted by atomic mass is 10.1. The largest absolute Gasteiger partial charge is 0.493 e. The van der Waals surface area contributed by atoms with Gasteiger partial charge in [-0.25, -0.2) is 0 Å². The average Bonchev–Trinajstić information content (AvgIpc) is 3.19. The zero-order valence-electron chi connectivity index (χ0n) is 17.7. The minimum Gasteiger partial charge on any atom is -0.493 e. The van der Waals surface area contributed by atoms with Crippen LogP contribution >= 0.6 is 24.0 Å². The summed E-state index contributed by atoms with van der Waals surface area (Å²) in [5.74, 6) is 1.85. The van der Waals surface area contributed by atoms with Gasteiger partial charge in [-0.3, -0.25) is 9.79 Å². The number of anilines is 1. The molecule has 0 spiro atoms. The third-order valence-corrected chi connectivity index (χ3v) is 4.86. The highest BCUT2D eigenvalue weighted by Crippen LogP contribution is 2.25. The molecule has 6 nitrogen and oxygen atoms in total. The van der Waals surface area contributed by atoms with E-state index in [2.05, 4.69) is 39.1 Å². The van der Waals surface area contributed by atoms with E-state index in [1.165, 1.54) is 11.1 Å². The fourth-order valence-electron chi connectivity index (χ4n) is 3.28. The van der Waals surface area contributed by atoms with Crippen LogP contribution in [0.15, 0.2) is 47.5 Å². The van der Waals surface area contributed by atoms with Gasteiger partial charge in [0.2, 0.25) is 5.91 Å². The maximum Gasteiger partial charge on any atom is 0.224 e. The zero-order valence-corrected chi connectivity index (χ0v) is 20.0. The van der Waals surface area contributed by atoms with Crippen molar-refractivity contribution in [3.8, 4) is 5.75 Å². The third-order valence-electron chi connectivity index (χ3n) is 4.86. The second-order valence-corrected chi connectivity index (χ2v) is 7.14. The van der Waals surface area contributed by atoms with E-state index < -0.39 is 0 Å². The molecular weight excluding hydrogens is 491 g/mol. The van der Waals surface area contributed by atoms with Gasteiger partial charge in [-0.1, -0.05) is 31.2 Å². The molecule has 7 heteroatoms. The monoisotopic (exact) mass is 522 g/mol. The van der Waals surface area contributed by atoms with Crippen LogP contribution in [0.2, 0.25) is 0 Å². The van der Waals surface area contributed by atoms with Crippen LogP contribution in [-0.2, 0) is 24.2 Å². The molecule has 2 aromatic carbocycles. The highest BCUT2D eigenvalue weighted by atomic mass is 127. The van der Waals surface area contributed by atoms with Gasteiger partial charge in [-0.15, -0.1) is 24.0 Å². The van der Waals surface area contributed by atoms with Crippen molar-refractivity contribution < 1.29 is 9.53 Å².